The number of hydrogen-bond acceptors (Lipinski definition) is 3. The van der Waals surface area contributed by atoms with Crippen molar-refractivity contribution in [3.8, 4) is 0 Å². The summed E-state index contributed by atoms with van der Waals surface area (Å²) >= 11 is 0. The lowest BCUT2D eigenvalue weighted by Gasteiger charge is -2.28. The molecule has 94 valence electrons. The van der Waals surface area contributed by atoms with E-state index < -0.39 is 17.4 Å². The first-order valence-electron chi connectivity index (χ1n) is 5.46. The molecule has 0 aliphatic carbocycles. The van der Waals surface area contributed by atoms with Gasteiger partial charge in [-0.15, -0.1) is 0 Å². The van der Waals surface area contributed by atoms with Crippen molar-refractivity contribution in [3.05, 3.63) is 0 Å². The Labute approximate surface area is 96.4 Å². The second kappa shape index (κ2) is 5.84. The Kier molecular flexibility index (Phi) is 5.44. The second-order valence-corrected chi connectivity index (χ2v) is 5.08. The first-order valence-corrected chi connectivity index (χ1v) is 5.46. The Morgan fingerprint density at radius 2 is 1.88 bits per heavy atom. The number of aliphatic carboxylic acids is 1. The summed E-state index contributed by atoms with van der Waals surface area (Å²) in [4.78, 5) is 22.5. The molecule has 0 saturated carbocycles. The maximum Gasteiger partial charge on any atom is 0.326 e. The number of amides is 1. The smallest absolute Gasteiger partial charge is 0.326 e. The molecule has 0 aromatic carbocycles. The SMILES string of the molecule is CCC(N)CC(=O)NC(C(=O)O)C(C)(C)C. The summed E-state index contributed by atoms with van der Waals surface area (Å²) in [6.07, 6.45) is 0.858. The summed E-state index contributed by atoms with van der Waals surface area (Å²) < 4.78 is 0. The summed E-state index contributed by atoms with van der Waals surface area (Å²) in [6.45, 7) is 7.19. The van der Waals surface area contributed by atoms with Crippen LogP contribution < -0.4 is 11.1 Å². The summed E-state index contributed by atoms with van der Waals surface area (Å²) in [5.41, 5.74) is 5.11. The predicted molar refractivity (Wildman–Crippen MR) is 61.9 cm³/mol. The Balaban J connectivity index is 4.43. The normalized spacial score (nSPS) is 15.3. The van der Waals surface area contributed by atoms with E-state index in [1.807, 2.05) is 6.92 Å². The zero-order valence-corrected chi connectivity index (χ0v) is 10.4. The molecule has 16 heavy (non-hydrogen) atoms. The minimum atomic E-state index is -1.02. The number of hydrogen-bond donors (Lipinski definition) is 3. The molecule has 0 saturated heterocycles. The highest BCUT2D eigenvalue weighted by Gasteiger charge is 2.32. The van der Waals surface area contributed by atoms with Gasteiger partial charge in [-0.2, -0.15) is 0 Å². The molecule has 0 rings (SSSR count). The van der Waals surface area contributed by atoms with Crippen molar-refractivity contribution in [1.29, 1.82) is 0 Å². The van der Waals surface area contributed by atoms with E-state index >= 15 is 0 Å². The van der Waals surface area contributed by atoms with E-state index in [2.05, 4.69) is 5.32 Å². The van der Waals surface area contributed by atoms with Gasteiger partial charge in [0, 0.05) is 12.5 Å². The van der Waals surface area contributed by atoms with Crippen molar-refractivity contribution in [1.82, 2.24) is 5.32 Å². The second-order valence-electron chi connectivity index (χ2n) is 5.08. The van der Waals surface area contributed by atoms with E-state index in [0.29, 0.717) is 6.42 Å². The monoisotopic (exact) mass is 230 g/mol. The molecular weight excluding hydrogens is 208 g/mol. The van der Waals surface area contributed by atoms with Gasteiger partial charge in [-0.05, 0) is 11.8 Å². The fourth-order valence-corrected chi connectivity index (χ4v) is 1.25. The fraction of sp³-hybridized carbons (Fsp3) is 0.818. The molecule has 0 aliphatic heterocycles. The fourth-order valence-electron chi connectivity index (χ4n) is 1.25. The zero-order chi connectivity index (χ0) is 12.9. The third kappa shape index (κ3) is 5.11. The van der Waals surface area contributed by atoms with Crippen LogP contribution in [0.2, 0.25) is 0 Å². The van der Waals surface area contributed by atoms with Crippen LogP contribution in [0.1, 0.15) is 40.5 Å². The van der Waals surface area contributed by atoms with Crippen molar-refractivity contribution in [2.75, 3.05) is 0 Å². The lowest BCUT2D eigenvalue weighted by molar-refractivity contribution is -0.145. The number of rotatable bonds is 5. The third-order valence-corrected chi connectivity index (χ3v) is 2.39. The first kappa shape index (κ1) is 14.9. The van der Waals surface area contributed by atoms with E-state index in [1.54, 1.807) is 20.8 Å². The van der Waals surface area contributed by atoms with Crippen LogP contribution in [0.4, 0.5) is 0 Å². The van der Waals surface area contributed by atoms with Crippen LogP contribution in [0, 0.1) is 5.41 Å². The van der Waals surface area contributed by atoms with Gasteiger partial charge >= 0.3 is 5.97 Å². The van der Waals surface area contributed by atoms with Crippen LogP contribution in [0.3, 0.4) is 0 Å². The van der Waals surface area contributed by atoms with E-state index in [-0.39, 0.29) is 18.4 Å². The highest BCUT2D eigenvalue weighted by atomic mass is 16.4. The minimum Gasteiger partial charge on any atom is -0.480 e. The highest BCUT2D eigenvalue weighted by Crippen LogP contribution is 2.19. The van der Waals surface area contributed by atoms with Crippen LogP contribution in [-0.2, 0) is 9.59 Å². The van der Waals surface area contributed by atoms with Gasteiger partial charge in [0.2, 0.25) is 5.91 Å². The van der Waals surface area contributed by atoms with Crippen molar-refractivity contribution < 1.29 is 14.7 Å². The molecular formula is C11H22N2O3. The Morgan fingerprint density at radius 1 is 1.38 bits per heavy atom. The third-order valence-electron chi connectivity index (χ3n) is 2.39. The van der Waals surface area contributed by atoms with Crippen molar-refractivity contribution >= 4 is 11.9 Å². The Bertz CT molecular complexity index is 258. The van der Waals surface area contributed by atoms with Crippen molar-refractivity contribution in [2.24, 2.45) is 11.1 Å². The van der Waals surface area contributed by atoms with Gasteiger partial charge in [-0.1, -0.05) is 27.7 Å². The maximum absolute atomic E-state index is 11.5. The summed E-state index contributed by atoms with van der Waals surface area (Å²) in [5.74, 6) is -1.33. The average Bonchev–Trinajstić information content (AvgIpc) is 2.11. The van der Waals surface area contributed by atoms with Gasteiger partial charge in [0.15, 0.2) is 0 Å². The summed E-state index contributed by atoms with van der Waals surface area (Å²) in [7, 11) is 0. The molecule has 4 N–H and O–H groups in total. The summed E-state index contributed by atoms with van der Waals surface area (Å²) in [5, 5.41) is 11.5. The molecule has 0 aliphatic rings. The quantitative estimate of drug-likeness (QED) is 0.649. The minimum absolute atomic E-state index is 0.163. The van der Waals surface area contributed by atoms with Gasteiger partial charge in [0.1, 0.15) is 6.04 Å². The van der Waals surface area contributed by atoms with E-state index in [1.165, 1.54) is 0 Å². The average molecular weight is 230 g/mol. The molecule has 2 unspecified atom stereocenters. The molecule has 2 atom stereocenters. The van der Waals surface area contributed by atoms with E-state index in [9.17, 15) is 9.59 Å². The Morgan fingerprint density at radius 3 is 2.19 bits per heavy atom. The van der Waals surface area contributed by atoms with Gasteiger partial charge < -0.3 is 16.2 Å². The maximum atomic E-state index is 11.5. The molecule has 0 fully saturated rings. The number of nitrogens with one attached hydrogen (secondary N) is 1. The van der Waals surface area contributed by atoms with Gasteiger partial charge in [-0.3, -0.25) is 4.79 Å². The van der Waals surface area contributed by atoms with E-state index in [4.69, 9.17) is 10.8 Å². The number of carbonyl (C=O) groups excluding carboxylic acids is 1. The topological polar surface area (TPSA) is 92.4 Å². The summed E-state index contributed by atoms with van der Waals surface area (Å²) in [6, 6.07) is -1.10. The standard InChI is InChI=1S/C11H22N2O3/c1-5-7(12)6-8(14)13-9(10(15)16)11(2,3)4/h7,9H,5-6,12H2,1-4H3,(H,13,14)(H,15,16). The van der Waals surface area contributed by atoms with Crippen LogP contribution in [0.15, 0.2) is 0 Å². The molecule has 0 heterocycles. The number of carboxylic acid groups (broad SMARTS) is 1. The largest absolute Gasteiger partial charge is 0.480 e. The molecule has 1 amide bonds. The van der Waals surface area contributed by atoms with Crippen LogP contribution in [0.5, 0.6) is 0 Å². The van der Waals surface area contributed by atoms with Gasteiger partial charge in [-0.25, -0.2) is 4.79 Å². The molecule has 5 heteroatoms. The zero-order valence-electron chi connectivity index (χ0n) is 10.4. The molecule has 5 nitrogen and oxygen atoms in total. The van der Waals surface area contributed by atoms with Crippen LogP contribution in [0.25, 0.3) is 0 Å². The Hall–Kier alpha value is -1.10. The molecule has 0 bridgehead atoms. The molecule has 0 aromatic heterocycles. The van der Waals surface area contributed by atoms with Crippen LogP contribution >= 0.6 is 0 Å². The number of nitrogens with two attached hydrogens (primary N) is 1. The molecule has 0 aromatic rings. The lowest BCUT2D eigenvalue weighted by Crippen LogP contribution is -2.50. The van der Waals surface area contributed by atoms with Gasteiger partial charge in [0.05, 0.1) is 0 Å². The lowest BCUT2D eigenvalue weighted by atomic mass is 9.86. The van der Waals surface area contributed by atoms with E-state index in [0.717, 1.165) is 0 Å². The molecule has 0 spiro atoms. The van der Waals surface area contributed by atoms with Crippen molar-refractivity contribution in [2.45, 2.75) is 52.6 Å². The van der Waals surface area contributed by atoms with Crippen molar-refractivity contribution in [3.63, 3.8) is 0 Å². The number of carboxylic acids is 1. The molecule has 0 radical (unpaired) electrons. The highest BCUT2D eigenvalue weighted by molar-refractivity contribution is 5.84. The van der Waals surface area contributed by atoms with Gasteiger partial charge in [0.25, 0.3) is 0 Å². The predicted octanol–water partition coefficient (Wildman–Crippen LogP) is 0.729. The number of carbonyl (C=O) groups is 2. The van der Waals surface area contributed by atoms with Crippen LogP contribution in [-0.4, -0.2) is 29.1 Å². The first-order chi connectivity index (χ1) is 7.18.